The molecule has 0 aliphatic rings. The summed E-state index contributed by atoms with van der Waals surface area (Å²) in [5.41, 5.74) is -0.907. The third kappa shape index (κ3) is 8.51. The van der Waals surface area contributed by atoms with Crippen LogP contribution in [0.3, 0.4) is 0 Å². The molecule has 1 aromatic heterocycles. The average molecular weight is 418 g/mol. The molecule has 7 heteroatoms. The van der Waals surface area contributed by atoms with Gasteiger partial charge in [-0.3, -0.25) is 10.1 Å². The van der Waals surface area contributed by atoms with Gasteiger partial charge in [-0.2, -0.15) is 0 Å². The molecular weight excluding hydrogens is 386 g/mol. The molecule has 7 nitrogen and oxygen atoms in total. The van der Waals surface area contributed by atoms with Gasteiger partial charge in [-0.15, -0.1) is 0 Å². The summed E-state index contributed by atoms with van der Waals surface area (Å²) in [7, 11) is 0. The molecule has 0 aliphatic carbocycles. The number of hydrogen-bond acceptors (Lipinski definition) is 5. The molecule has 0 spiro atoms. The van der Waals surface area contributed by atoms with Crippen molar-refractivity contribution >= 4 is 11.9 Å². The fourth-order valence-electron chi connectivity index (χ4n) is 2.75. The van der Waals surface area contributed by atoms with E-state index >= 15 is 0 Å². The van der Waals surface area contributed by atoms with Gasteiger partial charge in [-0.1, -0.05) is 51.0 Å². The Hall–Kier alpha value is -3.09. The smallest absolute Gasteiger partial charge is 0.408 e. The van der Waals surface area contributed by atoms with E-state index in [1.807, 2.05) is 13.0 Å². The first-order chi connectivity index (χ1) is 14.3. The summed E-state index contributed by atoms with van der Waals surface area (Å²) in [4.78, 5) is 35.2. The van der Waals surface area contributed by atoms with Gasteiger partial charge in [0.2, 0.25) is 0 Å². The highest BCUT2D eigenvalue weighted by molar-refractivity contribution is 6.09. The Balaban J connectivity index is 2.81. The number of carbonyl (C=O) groups excluding carboxylic acids is 1. The molecule has 0 radical (unpaired) electrons. The van der Waals surface area contributed by atoms with Crippen molar-refractivity contribution in [2.75, 3.05) is 0 Å². The van der Waals surface area contributed by atoms with Crippen LogP contribution in [0.5, 0.6) is 5.75 Å². The van der Waals surface area contributed by atoms with Crippen molar-refractivity contribution in [3.05, 3.63) is 63.9 Å². The summed E-state index contributed by atoms with van der Waals surface area (Å²) in [6, 6.07) is 1.30. The van der Waals surface area contributed by atoms with Crippen LogP contribution in [-0.4, -0.2) is 22.1 Å². The van der Waals surface area contributed by atoms with Gasteiger partial charge in [0.05, 0.1) is 0 Å². The lowest BCUT2D eigenvalue weighted by molar-refractivity contribution is 0.102. The Morgan fingerprint density at radius 2 is 1.97 bits per heavy atom. The number of ketones is 1. The Morgan fingerprint density at radius 1 is 1.23 bits per heavy atom. The highest BCUT2D eigenvalue weighted by Gasteiger charge is 2.21. The van der Waals surface area contributed by atoms with Crippen molar-refractivity contribution in [2.24, 2.45) is 0 Å². The number of aromatic hydroxyl groups is 1. The van der Waals surface area contributed by atoms with Crippen molar-refractivity contribution in [1.82, 2.24) is 5.32 Å². The molecule has 0 saturated heterocycles. The summed E-state index contributed by atoms with van der Waals surface area (Å²) in [6.07, 6.45) is 12.6. The first-order valence-electron chi connectivity index (χ1n) is 10.2. The maximum atomic E-state index is 12.5. The van der Waals surface area contributed by atoms with Gasteiger partial charge < -0.3 is 14.6 Å². The summed E-state index contributed by atoms with van der Waals surface area (Å²) >= 11 is 0. The van der Waals surface area contributed by atoms with Crippen molar-refractivity contribution in [3.8, 4) is 5.75 Å². The zero-order valence-corrected chi connectivity index (χ0v) is 17.8. The van der Waals surface area contributed by atoms with Crippen molar-refractivity contribution in [1.29, 1.82) is 0 Å². The summed E-state index contributed by atoms with van der Waals surface area (Å²) in [6.45, 7) is 5.53. The van der Waals surface area contributed by atoms with Crippen molar-refractivity contribution < 1.29 is 24.2 Å². The maximum absolute atomic E-state index is 12.5. The topological polar surface area (TPSA) is 117 Å². The zero-order valence-electron chi connectivity index (χ0n) is 17.8. The highest BCUT2D eigenvalue weighted by atomic mass is 16.4. The van der Waals surface area contributed by atoms with Gasteiger partial charge in [0.1, 0.15) is 17.1 Å². The normalized spacial score (nSPS) is 13.1. The van der Waals surface area contributed by atoms with E-state index in [2.05, 4.69) is 12.2 Å². The highest BCUT2D eigenvalue weighted by Crippen LogP contribution is 2.25. The lowest BCUT2D eigenvalue weighted by atomic mass is 10.00. The van der Waals surface area contributed by atoms with Gasteiger partial charge in [-0.05, 0) is 38.2 Å². The summed E-state index contributed by atoms with van der Waals surface area (Å²) in [5.74, 6) is -0.904. The quantitative estimate of drug-likeness (QED) is 0.184. The second-order valence-corrected chi connectivity index (χ2v) is 7.13. The Morgan fingerprint density at radius 3 is 2.60 bits per heavy atom. The number of rotatable bonds is 12. The van der Waals surface area contributed by atoms with Crippen molar-refractivity contribution in [2.45, 2.75) is 65.2 Å². The van der Waals surface area contributed by atoms with E-state index in [0.717, 1.165) is 25.7 Å². The molecule has 0 bridgehead atoms. The molecule has 0 saturated carbocycles. The second-order valence-electron chi connectivity index (χ2n) is 7.13. The predicted molar refractivity (Wildman–Crippen MR) is 116 cm³/mol. The van der Waals surface area contributed by atoms with Crippen LogP contribution >= 0.6 is 0 Å². The lowest BCUT2D eigenvalue weighted by Crippen LogP contribution is -2.16. The van der Waals surface area contributed by atoms with E-state index in [4.69, 9.17) is 9.52 Å². The second kappa shape index (κ2) is 13.2. The number of carboxylic acid groups (broad SMARTS) is 1. The first-order valence-corrected chi connectivity index (χ1v) is 10.2. The third-order valence-electron chi connectivity index (χ3n) is 4.57. The molecule has 164 valence electrons. The minimum absolute atomic E-state index is 0.204. The molecule has 1 amide bonds. The number of hydrogen-bond donors (Lipinski definition) is 3. The number of unbranched alkanes of at least 4 members (excludes halogenated alkanes) is 3. The summed E-state index contributed by atoms with van der Waals surface area (Å²) < 4.78 is 5.27. The van der Waals surface area contributed by atoms with E-state index in [9.17, 15) is 19.5 Å². The molecule has 1 heterocycles. The van der Waals surface area contributed by atoms with Crippen LogP contribution < -0.4 is 10.9 Å². The molecule has 0 aliphatic heterocycles. The van der Waals surface area contributed by atoms with Gasteiger partial charge in [0, 0.05) is 18.2 Å². The van der Waals surface area contributed by atoms with Crippen LogP contribution in [0, 0.1) is 0 Å². The SMILES string of the molecule is CCCCC/C=C/C=C(\C)C(=O)c1c(O)cc(C(C)CC/C=C/NC(=O)O)oc1=O. The zero-order chi connectivity index (χ0) is 22.5. The number of allylic oxidation sites excluding steroid dienone is 5. The lowest BCUT2D eigenvalue weighted by Gasteiger charge is -2.11. The third-order valence-corrected chi connectivity index (χ3v) is 4.57. The van der Waals surface area contributed by atoms with E-state index in [-0.39, 0.29) is 17.2 Å². The fourth-order valence-corrected chi connectivity index (χ4v) is 2.75. The Kier molecular flexibility index (Phi) is 11.0. The first kappa shape index (κ1) is 24.9. The monoisotopic (exact) mass is 417 g/mol. The van der Waals surface area contributed by atoms with Gasteiger partial charge >= 0.3 is 11.7 Å². The molecule has 0 aromatic carbocycles. The van der Waals surface area contributed by atoms with E-state index < -0.39 is 23.3 Å². The van der Waals surface area contributed by atoms with Crippen LogP contribution in [0.15, 0.2) is 51.4 Å². The Bertz CT molecular complexity index is 863. The largest absolute Gasteiger partial charge is 0.507 e. The molecular formula is C23H31NO6. The van der Waals surface area contributed by atoms with E-state index in [1.165, 1.54) is 12.3 Å². The minimum Gasteiger partial charge on any atom is -0.507 e. The number of carbonyl (C=O) groups is 2. The van der Waals surface area contributed by atoms with Crippen LogP contribution in [0.2, 0.25) is 0 Å². The summed E-state index contributed by atoms with van der Waals surface area (Å²) in [5, 5.41) is 20.9. The van der Waals surface area contributed by atoms with Gasteiger partial charge in [0.25, 0.3) is 0 Å². The standard InChI is InChI=1S/C23H31NO6/c1-4-5-6-7-8-9-13-17(3)21(26)20-18(25)15-19(30-22(20)27)16(2)12-10-11-14-24-23(28)29/h8-9,11,13-16,24-25H,4-7,10,12H2,1-3H3,(H,28,29)/b9-8+,14-11+,17-13+. The predicted octanol–water partition coefficient (Wildman–Crippen LogP) is 5.28. The van der Waals surface area contributed by atoms with Crippen LogP contribution in [0.1, 0.15) is 81.3 Å². The number of nitrogens with one attached hydrogen (secondary N) is 1. The number of Topliss-reactive ketones (excluding diaryl/α,β-unsaturated/α-hetero) is 1. The molecule has 1 unspecified atom stereocenters. The molecule has 1 atom stereocenters. The van der Waals surface area contributed by atoms with E-state index in [0.29, 0.717) is 18.4 Å². The molecule has 3 N–H and O–H groups in total. The number of amides is 1. The molecule has 1 rings (SSSR count). The Labute approximate surface area is 176 Å². The molecule has 0 fully saturated rings. The van der Waals surface area contributed by atoms with E-state index in [1.54, 1.807) is 25.2 Å². The van der Waals surface area contributed by atoms with Crippen molar-refractivity contribution in [3.63, 3.8) is 0 Å². The van der Waals surface area contributed by atoms with Crippen LogP contribution in [0.25, 0.3) is 0 Å². The van der Waals surface area contributed by atoms with Gasteiger partial charge in [0.15, 0.2) is 5.78 Å². The van der Waals surface area contributed by atoms with Gasteiger partial charge in [-0.25, -0.2) is 9.59 Å². The fraction of sp³-hybridized carbons (Fsp3) is 0.435. The minimum atomic E-state index is -1.15. The maximum Gasteiger partial charge on any atom is 0.408 e. The van der Waals surface area contributed by atoms with Crippen LogP contribution in [0.4, 0.5) is 4.79 Å². The average Bonchev–Trinajstić information content (AvgIpc) is 2.69. The van der Waals surface area contributed by atoms with Crippen LogP contribution in [-0.2, 0) is 0 Å². The molecule has 30 heavy (non-hydrogen) atoms. The molecule has 1 aromatic rings.